The van der Waals surface area contributed by atoms with Gasteiger partial charge in [-0.15, -0.1) is 0 Å². The van der Waals surface area contributed by atoms with E-state index in [2.05, 4.69) is 5.32 Å². The number of hydrogen-bond donors (Lipinski definition) is 2. The van der Waals surface area contributed by atoms with Crippen molar-refractivity contribution in [3.05, 3.63) is 0 Å². The summed E-state index contributed by atoms with van der Waals surface area (Å²) in [6, 6.07) is -0.0919. The number of aliphatic carboxylic acids is 1. The summed E-state index contributed by atoms with van der Waals surface area (Å²) in [6.07, 6.45) is 1.87. The molecule has 0 unspecified atom stereocenters. The molecule has 2 N–H and O–H groups in total. The Morgan fingerprint density at radius 3 is 2.40 bits per heavy atom. The number of likely N-dealkylation sites (tertiary alicyclic amines) is 1. The van der Waals surface area contributed by atoms with E-state index in [0.717, 1.165) is 0 Å². The van der Waals surface area contributed by atoms with Crippen LogP contribution in [0.3, 0.4) is 0 Å². The van der Waals surface area contributed by atoms with Gasteiger partial charge in [0.25, 0.3) is 0 Å². The summed E-state index contributed by atoms with van der Waals surface area (Å²) < 4.78 is 0. The van der Waals surface area contributed by atoms with Crippen molar-refractivity contribution in [3.8, 4) is 0 Å². The number of nitrogens with zero attached hydrogens (tertiary/aromatic N) is 2. The molecule has 114 valence electrons. The molecular formula is C13H23N3O4. The summed E-state index contributed by atoms with van der Waals surface area (Å²) in [7, 11) is 3.30. The Bertz CT molecular complexity index is 365. The highest BCUT2D eigenvalue weighted by molar-refractivity contribution is 5.79. The van der Waals surface area contributed by atoms with Crippen LogP contribution in [0.15, 0.2) is 0 Å². The van der Waals surface area contributed by atoms with E-state index in [1.165, 1.54) is 0 Å². The van der Waals surface area contributed by atoms with Crippen LogP contribution in [0.1, 0.15) is 25.7 Å². The summed E-state index contributed by atoms with van der Waals surface area (Å²) in [4.78, 5) is 37.3. The Morgan fingerprint density at radius 2 is 1.90 bits per heavy atom. The zero-order valence-electron chi connectivity index (χ0n) is 12.1. The first-order valence-electron chi connectivity index (χ1n) is 6.89. The predicted octanol–water partition coefficient (Wildman–Crippen LogP) is 0.361. The third-order valence-electron chi connectivity index (χ3n) is 3.59. The average molecular weight is 285 g/mol. The number of carbonyl (C=O) groups excluding carboxylic acids is 2. The summed E-state index contributed by atoms with van der Waals surface area (Å²) in [5, 5.41) is 11.2. The van der Waals surface area contributed by atoms with Gasteiger partial charge in [-0.25, -0.2) is 4.79 Å². The van der Waals surface area contributed by atoms with Crippen LogP contribution in [0.5, 0.6) is 0 Å². The van der Waals surface area contributed by atoms with E-state index in [4.69, 9.17) is 5.11 Å². The second-order valence-corrected chi connectivity index (χ2v) is 5.08. The quantitative estimate of drug-likeness (QED) is 0.763. The van der Waals surface area contributed by atoms with E-state index in [9.17, 15) is 14.4 Å². The van der Waals surface area contributed by atoms with Gasteiger partial charge < -0.3 is 20.2 Å². The van der Waals surface area contributed by atoms with E-state index in [1.54, 1.807) is 23.9 Å². The highest BCUT2D eigenvalue weighted by atomic mass is 16.4. The predicted molar refractivity (Wildman–Crippen MR) is 73.3 cm³/mol. The van der Waals surface area contributed by atoms with Crippen LogP contribution in [-0.2, 0) is 9.59 Å². The van der Waals surface area contributed by atoms with Gasteiger partial charge in [-0.3, -0.25) is 9.59 Å². The zero-order valence-corrected chi connectivity index (χ0v) is 12.1. The molecule has 3 amide bonds. The van der Waals surface area contributed by atoms with Crippen molar-refractivity contribution in [3.63, 3.8) is 0 Å². The molecule has 1 heterocycles. The molecule has 1 fully saturated rings. The van der Waals surface area contributed by atoms with E-state index in [1.807, 2.05) is 0 Å². The molecule has 7 nitrogen and oxygen atoms in total. The Labute approximate surface area is 118 Å². The van der Waals surface area contributed by atoms with Crippen molar-refractivity contribution in [1.82, 2.24) is 15.1 Å². The molecule has 0 aromatic rings. The standard InChI is InChI=1S/C13H23N3O4/c1-14-12(19)10-5-8-16(9-6-10)13(20)15(2)7-3-4-11(17)18/h10H,3-9H2,1-2H3,(H,14,19)(H,17,18). The Hall–Kier alpha value is -1.79. The molecule has 1 saturated heterocycles. The molecule has 0 aliphatic carbocycles. The van der Waals surface area contributed by atoms with Crippen LogP contribution in [0.4, 0.5) is 4.79 Å². The molecule has 1 aliphatic heterocycles. The van der Waals surface area contributed by atoms with Gasteiger partial charge in [0.2, 0.25) is 5.91 Å². The van der Waals surface area contributed by atoms with Gasteiger partial charge in [-0.05, 0) is 19.3 Å². The fraction of sp³-hybridized carbons (Fsp3) is 0.769. The first kappa shape index (κ1) is 16.3. The van der Waals surface area contributed by atoms with Gasteiger partial charge in [-0.1, -0.05) is 0 Å². The van der Waals surface area contributed by atoms with E-state index in [0.29, 0.717) is 38.9 Å². The topological polar surface area (TPSA) is 90.0 Å². The van der Waals surface area contributed by atoms with Crippen molar-refractivity contribution in [1.29, 1.82) is 0 Å². The summed E-state index contributed by atoms with van der Waals surface area (Å²) >= 11 is 0. The normalized spacial score (nSPS) is 15.8. The lowest BCUT2D eigenvalue weighted by Crippen LogP contribution is -2.47. The van der Waals surface area contributed by atoms with Gasteiger partial charge >= 0.3 is 12.0 Å². The minimum atomic E-state index is -0.850. The molecule has 20 heavy (non-hydrogen) atoms. The van der Waals surface area contributed by atoms with E-state index >= 15 is 0 Å². The van der Waals surface area contributed by atoms with Gasteiger partial charge in [0.15, 0.2) is 0 Å². The second-order valence-electron chi connectivity index (χ2n) is 5.08. The van der Waals surface area contributed by atoms with Gasteiger partial charge in [0.1, 0.15) is 0 Å². The van der Waals surface area contributed by atoms with Crippen molar-refractivity contribution < 1.29 is 19.5 Å². The van der Waals surface area contributed by atoms with Crippen LogP contribution in [0.25, 0.3) is 0 Å². The molecule has 7 heteroatoms. The number of urea groups is 1. The van der Waals surface area contributed by atoms with Crippen LogP contribution < -0.4 is 5.32 Å². The molecule has 0 bridgehead atoms. The molecule has 0 spiro atoms. The summed E-state index contributed by atoms with van der Waals surface area (Å²) in [6.45, 7) is 1.57. The lowest BCUT2D eigenvalue weighted by molar-refractivity contribution is -0.137. The molecule has 0 radical (unpaired) electrons. The Kier molecular flexibility index (Phi) is 6.27. The summed E-state index contributed by atoms with van der Waals surface area (Å²) in [5.74, 6) is -0.828. The summed E-state index contributed by atoms with van der Waals surface area (Å²) in [5.41, 5.74) is 0. The number of rotatable bonds is 5. The van der Waals surface area contributed by atoms with Crippen LogP contribution in [-0.4, -0.2) is 66.5 Å². The minimum absolute atomic E-state index is 0.0126. The molecule has 0 aromatic carbocycles. The van der Waals surface area contributed by atoms with Gasteiger partial charge in [0, 0.05) is 46.1 Å². The molecule has 1 rings (SSSR count). The maximum atomic E-state index is 12.1. The maximum Gasteiger partial charge on any atom is 0.319 e. The van der Waals surface area contributed by atoms with Crippen LogP contribution in [0, 0.1) is 5.92 Å². The first-order valence-corrected chi connectivity index (χ1v) is 6.89. The van der Waals surface area contributed by atoms with Crippen LogP contribution >= 0.6 is 0 Å². The Balaban J connectivity index is 2.34. The smallest absolute Gasteiger partial charge is 0.319 e. The van der Waals surface area contributed by atoms with Crippen LogP contribution in [0.2, 0.25) is 0 Å². The molecular weight excluding hydrogens is 262 g/mol. The largest absolute Gasteiger partial charge is 0.481 e. The number of nitrogens with one attached hydrogen (secondary N) is 1. The second kappa shape index (κ2) is 7.72. The molecule has 0 saturated carbocycles. The first-order chi connectivity index (χ1) is 9.45. The van der Waals surface area contributed by atoms with Crippen molar-refractivity contribution in [2.75, 3.05) is 33.7 Å². The number of carboxylic acid groups (broad SMARTS) is 1. The van der Waals surface area contributed by atoms with Crippen molar-refractivity contribution in [2.24, 2.45) is 5.92 Å². The number of hydrogen-bond acceptors (Lipinski definition) is 3. The molecule has 0 aromatic heterocycles. The third-order valence-corrected chi connectivity index (χ3v) is 3.59. The fourth-order valence-corrected chi connectivity index (χ4v) is 2.34. The SMILES string of the molecule is CNC(=O)C1CCN(C(=O)N(C)CCCC(=O)O)CC1. The minimum Gasteiger partial charge on any atom is -0.481 e. The fourth-order valence-electron chi connectivity index (χ4n) is 2.34. The van der Waals surface area contributed by atoms with Gasteiger partial charge in [0.05, 0.1) is 0 Å². The van der Waals surface area contributed by atoms with Gasteiger partial charge in [-0.2, -0.15) is 0 Å². The third kappa shape index (κ3) is 4.71. The van der Waals surface area contributed by atoms with E-state index in [-0.39, 0.29) is 24.3 Å². The van der Waals surface area contributed by atoms with Crippen molar-refractivity contribution >= 4 is 17.9 Å². The number of amides is 3. The monoisotopic (exact) mass is 285 g/mol. The highest BCUT2D eigenvalue weighted by Gasteiger charge is 2.27. The molecule has 0 atom stereocenters. The Morgan fingerprint density at radius 1 is 1.30 bits per heavy atom. The lowest BCUT2D eigenvalue weighted by atomic mass is 9.96. The number of piperidine rings is 1. The number of carbonyl (C=O) groups is 3. The molecule has 1 aliphatic rings. The zero-order chi connectivity index (χ0) is 15.1. The van der Waals surface area contributed by atoms with E-state index < -0.39 is 5.97 Å². The van der Waals surface area contributed by atoms with Crippen molar-refractivity contribution in [2.45, 2.75) is 25.7 Å². The lowest BCUT2D eigenvalue weighted by Gasteiger charge is -2.34. The highest BCUT2D eigenvalue weighted by Crippen LogP contribution is 2.18. The number of carboxylic acids is 1. The maximum absolute atomic E-state index is 12.1. The average Bonchev–Trinajstić information content (AvgIpc) is 2.45.